The van der Waals surface area contributed by atoms with E-state index in [-0.39, 0.29) is 22.8 Å². The van der Waals surface area contributed by atoms with Gasteiger partial charge in [-0.25, -0.2) is 4.79 Å². The van der Waals surface area contributed by atoms with E-state index >= 15 is 0 Å². The number of carbonyl (C=O) groups is 1. The molecule has 0 radical (unpaired) electrons. The first kappa shape index (κ1) is 39.1. The molecule has 19 nitrogen and oxygen atoms in total. The van der Waals surface area contributed by atoms with Gasteiger partial charge in [0.2, 0.25) is 12.0 Å². The molecule has 0 unspecified atom stereocenters. The van der Waals surface area contributed by atoms with Gasteiger partial charge < -0.3 is 83.9 Å². The van der Waals surface area contributed by atoms with Crippen LogP contribution in [0.25, 0.3) is 28.4 Å². The zero-order chi connectivity index (χ0) is 39.7. The van der Waals surface area contributed by atoms with Gasteiger partial charge in [0.05, 0.1) is 13.7 Å². The van der Waals surface area contributed by atoms with Crippen molar-refractivity contribution in [3.05, 3.63) is 70.4 Å². The van der Waals surface area contributed by atoms with Crippen LogP contribution in [0.4, 0.5) is 0 Å². The maximum atomic E-state index is 13.3. The van der Waals surface area contributed by atoms with Crippen LogP contribution in [0.5, 0.6) is 40.2 Å². The second-order valence-electron chi connectivity index (χ2n) is 12.5. The van der Waals surface area contributed by atoms with Crippen LogP contribution in [0, 0.1) is 0 Å². The Hall–Kier alpha value is -5.64. The van der Waals surface area contributed by atoms with Crippen molar-refractivity contribution >= 4 is 23.0 Å². The number of aliphatic hydroxyl groups excluding tert-OH is 5. The zero-order valence-electron chi connectivity index (χ0n) is 28.5. The average molecular weight is 773 g/mol. The smallest absolute Gasteiger partial charge is 0.330 e. The van der Waals surface area contributed by atoms with E-state index in [9.17, 15) is 60.7 Å². The number of aromatic hydroxyl groups is 5. The summed E-state index contributed by atoms with van der Waals surface area (Å²) in [6.45, 7) is -1.24. The van der Waals surface area contributed by atoms with E-state index in [1.54, 1.807) is 0 Å². The van der Waals surface area contributed by atoms with Crippen LogP contribution in [0.3, 0.4) is 0 Å². The average Bonchev–Trinajstić information content (AvgIpc) is 3.15. The van der Waals surface area contributed by atoms with Gasteiger partial charge in [0.15, 0.2) is 52.2 Å². The monoisotopic (exact) mass is 772 g/mol. The van der Waals surface area contributed by atoms with Crippen molar-refractivity contribution in [2.45, 2.75) is 55.3 Å². The number of carbonyl (C=O) groups excluding carboxylic acids is 1. The third-order valence-electron chi connectivity index (χ3n) is 8.81. The molecule has 3 aromatic carbocycles. The summed E-state index contributed by atoms with van der Waals surface area (Å²) in [6, 6.07) is 9.44. The molecule has 0 aliphatic carbocycles. The third-order valence-corrected chi connectivity index (χ3v) is 8.81. The fraction of sp³-hybridized carbons (Fsp3) is 0.333. The van der Waals surface area contributed by atoms with Gasteiger partial charge in [0, 0.05) is 23.8 Å². The highest BCUT2D eigenvalue weighted by Crippen LogP contribution is 2.43. The van der Waals surface area contributed by atoms with Gasteiger partial charge >= 0.3 is 5.97 Å². The van der Waals surface area contributed by atoms with Gasteiger partial charge in [-0.15, -0.1) is 0 Å². The summed E-state index contributed by atoms with van der Waals surface area (Å²) in [6.07, 6.45) is -13.8. The molecule has 9 atom stereocenters. The minimum absolute atomic E-state index is 0.0708. The van der Waals surface area contributed by atoms with Crippen LogP contribution in [-0.4, -0.2) is 133 Å². The van der Waals surface area contributed by atoms with E-state index in [0.717, 1.165) is 30.3 Å². The summed E-state index contributed by atoms with van der Waals surface area (Å²) in [7, 11) is 1.34. The Labute approximate surface area is 309 Å². The van der Waals surface area contributed by atoms with Crippen LogP contribution >= 0.6 is 0 Å². The number of aliphatic hydroxyl groups is 5. The number of ether oxygens (including phenoxy) is 6. The van der Waals surface area contributed by atoms with E-state index < -0.39 is 120 Å². The van der Waals surface area contributed by atoms with Gasteiger partial charge in [-0.2, -0.15) is 0 Å². The summed E-state index contributed by atoms with van der Waals surface area (Å²) >= 11 is 0. The summed E-state index contributed by atoms with van der Waals surface area (Å²) in [4.78, 5) is 25.9. The molecule has 0 spiro atoms. The Bertz CT molecular complexity index is 2130. The fourth-order valence-electron chi connectivity index (χ4n) is 5.84. The Morgan fingerprint density at radius 2 is 1.56 bits per heavy atom. The largest absolute Gasteiger partial charge is 0.507 e. The minimum atomic E-state index is -2.00. The Morgan fingerprint density at radius 1 is 0.818 bits per heavy atom. The van der Waals surface area contributed by atoms with Gasteiger partial charge in [-0.3, -0.25) is 4.79 Å². The molecule has 10 N–H and O–H groups in total. The lowest BCUT2D eigenvalue weighted by Gasteiger charge is -2.44. The van der Waals surface area contributed by atoms with E-state index in [1.807, 2.05) is 0 Å². The Balaban J connectivity index is 1.32. The molecular formula is C36H36O19. The quantitative estimate of drug-likeness (QED) is 0.0572. The lowest BCUT2D eigenvalue weighted by Crippen LogP contribution is -2.64. The molecular weight excluding hydrogens is 736 g/mol. The number of hydrogen-bond donors (Lipinski definition) is 10. The first-order chi connectivity index (χ1) is 26.2. The highest BCUT2D eigenvalue weighted by molar-refractivity contribution is 5.91. The molecule has 0 amide bonds. The number of phenols is 5. The molecule has 0 saturated carbocycles. The zero-order valence-corrected chi connectivity index (χ0v) is 28.5. The van der Waals surface area contributed by atoms with Crippen molar-refractivity contribution in [1.29, 1.82) is 0 Å². The molecule has 4 aromatic rings. The summed E-state index contributed by atoms with van der Waals surface area (Å²) in [5, 5.41) is 104. The molecule has 2 aliphatic heterocycles. The molecule has 294 valence electrons. The molecule has 55 heavy (non-hydrogen) atoms. The second kappa shape index (κ2) is 16.0. The van der Waals surface area contributed by atoms with Crippen LogP contribution in [0.1, 0.15) is 5.56 Å². The lowest BCUT2D eigenvalue weighted by atomic mass is 9.98. The SMILES string of the molecule is COc1cc(C=CC(=O)OC[C@H]2O[C@@H](Oc3c(O)cc(O)c4c(=O)cc(-c5ccc(O)c(O)c5)oc34)[C@H](O[C@@H]3OC[C@@H](O)[C@H](O)[C@H]3O)[C@@H](O)[C@@H]2O)ccc1O. The Morgan fingerprint density at radius 3 is 2.29 bits per heavy atom. The van der Waals surface area contributed by atoms with Crippen LogP contribution in [0.15, 0.2) is 63.8 Å². The molecule has 3 heterocycles. The number of fused-ring (bicyclic) bond motifs is 1. The maximum absolute atomic E-state index is 13.3. The number of esters is 1. The number of hydrogen-bond acceptors (Lipinski definition) is 19. The fourth-order valence-corrected chi connectivity index (χ4v) is 5.84. The van der Waals surface area contributed by atoms with Crippen molar-refractivity contribution in [2.24, 2.45) is 0 Å². The predicted molar refractivity (Wildman–Crippen MR) is 183 cm³/mol. The molecule has 1 aromatic heterocycles. The van der Waals surface area contributed by atoms with Gasteiger partial charge in [-0.1, -0.05) is 6.07 Å². The van der Waals surface area contributed by atoms with E-state index in [1.165, 1.54) is 37.5 Å². The minimum Gasteiger partial charge on any atom is -0.507 e. The number of phenolic OH excluding ortho intramolecular Hbond substituents is 5. The standard InChI is InChI=1S/C36H36O19/c1-49-24-8-14(2-5-17(24)38)3-7-26(44)50-13-25-29(46)30(47)34(55-35-31(48)28(45)22(43)12-51-35)36(53-25)54-32-21(42)10-19(40)27-20(41)11-23(52-33(27)32)15-4-6-16(37)18(39)9-15/h2-11,22,25,28-31,34-40,42-43,45-48H,12-13H2,1H3/t22-,25-,28+,29-,30+,31-,34-,35+,36+/m1/s1. The third kappa shape index (κ3) is 8.09. The van der Waals surface area contributed by atoms with Crippen molar-refractivity contribution in [1.82, 2.24) is 0 Å². The van der Waals surface area contributed by atoms with Crippen LogP contribution < -0.4 is 14.9 Å². The predicted octanol–water partition coefficient (Wildman–Crippen LogP) is -0.0971. The van der Waals surface area contributed by atoms with Crippen molar-refractivity contribution < 1.29 is 88.7 Å². The number of rotatable bonds is 10. The second-order valence-corrected chi connectivity index (χ2v) is 12.5. The first-order valence-electron chi connectivity index (χ1n) is 16.4. The van der Waals surface area contributed by atoms with E-state index in [0.29, 0.717) is 5.56 Å². The molecule has 6 rings (SSSR count). The van der Waals surface area contributed by atoms with Crippen LogP contribution in [-0.2, 0) is 23.7 Å². The topological polar surface area (TPSA) is 305 Å². The summed E-state index contributed by atoms with van der Waals surface area (Å²) in [5.41, 5.74) is -0.913. The van der Waals surface area contributed by atoms with E-state index in [4.69, 9.17) is 32.8 Å². The van der Waals surface area contributed by atoms with E-state index in [2.05, 4.69) is 0 Å². The molecule has 2 fully saturated rings. The van der Waals surface area contributed by atoms with Gasteiger partial charge in [0.1, 0.15) is 60.1 Å². The molecule has 0 bridgehead atoms. The highest BCUT2D eigenvalue weighted by Gasteiger charge is 2.50. The van der Waals surface area contributed by atoms with Crippen molar-refractivity contribution in [3.8, 4) is 51.6 Å². The van der Waals surface area contributed by atoms with Crippen LogP contribution in [0.2, 0.25) is 0 Å². The normalized spacial score (nSPS) is 26.9. The number of methoxy groups -OCH3 is 1. The maximum Gasteiger partial charge on any atom is 0.330 e. The molecule has 2 aliphatic rings. The first-order valence-corrected chi connectivity index (χ1v) is 16.4. The Kier molecular flexibility index (Phi) is 11.4. The number of benzene rings is 3. The van der Waals surface area contributed by atoms with Gasteiger partial charge in [-0.05, 0) is 42.0 Å². The van der Waals surface area contributed by atoms with Crippen molar-refractivity contribution in [2.75, 3.05) is 20.3 Å². The van der Waals surface area contributed by atoms with Gasteiger partial charge in [0.25, 0.3) is 0 Å². The lowest BCUT2D eigenvalue weighted by molar-refractivity contribution is -0.345. The summed E-state index contributed by atoms with van der Waals surface area (Å²) in [5.74, 6) is -4.45. The molecule has 19 heteroatoms. The van der Waals surface area contributed by atoms with Crippen molar-refractivity contribution in [3.63, 3.8) is 0 Å². The highest BCUT2D eigenvalue weighted by atomic mass is 16.8. The molecule has 2 saturated heterocycles. The summed E-state index contributed by atoms with van der Waals surface area (Å²) < 4.78 is 38.9.